The van der Waals surface area contributed by atoms with Gasteiger partial charge in [0.05, 0.1) is 30.5 Å². The number of nitrogens with zero attached hydrogens (tertiary/aromatic N) is 1. The fourth-order valence-electron chi connectivity index (χ4n) is 1.89. The summed E-state index contributed by atoms with van der Waals surface area (Å²) in [6.07, 6.45) is 1.38. The molecule has 0 aromatic heterocycles. The molecule has 7 nitrogen and oxygen atoms in total. The van der Waals surface area contributed by atoms with E-state index in [4.69, 9.17) is 16.3 Å². The molecule has 2 rings (SSSR count). The van der Waals surface area contributed by atoms with Crippen molar-refractivity contribution in [3.63, 3.8) is 0 Å². The Morgan fingerprint density at radius 2 is 2.04 bits per heavy atom. The molecule has 2 amide bonds. The number of phenols is 1. The number of ether oxygens (including phenoxy) is 1. The maximum atomic E-state index is 11.9. The quantitative estimate of drug-likeness (QED) is 0.540. The van der Waals surface area contributed by atoms with Crippen molar-refractivity contribution in [1.29, 1.82) is 0 Å². The molecule has 0 fully saturated rings. The normalized spacial score (nSPS) is 10.5. The molecular weight excluding hydrogens is 346 g/mol. The van der Waals surface area contributed by atoms with Gasteiger partial charge in [-0.2, -0.15) is 5.10 Å². The second-order valence-corrected chi connectivity index (χ2v) is 5.29. The second kappa shape index (κ2) is 8.70. The number of carbonyl (C=O) groups is 2. The molecule has 0 saturated carbocycles. The minimum atomic E-state index is -0.498. The van der Waals surface area contributed by atoms with E-state index < -0.39 is 11.8 Å². The molecule has 3 N–H and O–H groups in total. The third-order valence-electron chi connectivity index (χ3n) is 3.13. The zero-order valence-corrected chi connectivity index (χ0v) is 14.1. The first-order chi connectivity index (χ1) is 12.0. The standard InChI is InChI=1S/C17H16ClN3O4/c1-25-15-8-11(6-7-14(15)22)9-20-21-16(23)10-19-17(24)12-4-2-3-5-13(12)18/h2-9,22H,10H2,1H3,(H,19,24)(H,21,23)/b20-9+. The molecule has 0 atom stereocenters. The first-order valence-electron chi connectivity index (χ1n) is 7.23. The van der Waals surface area contributed by atoms with Gasteiger partial charge in [0.15, 0.2) is 11.5 Å². The molecule has 0 radical (unpaired) electrons. The van der Waals surface area contributed by atoms with Gasteiger partial charge in [-0.15, -0.1) is 0 Å². The Bertz CT molecular complexity index is 808. The lowest BCUT2D eigenvalue weighted by Crippen LogP contribution is -2.35. The number of hydrogen-bond acceptors (Lipinski definition) is 5. The topological polar surface area (TPSA) is 100 Å². The van der Waals surface area contributed by atoms with Gasteiger partial charge in [-0.3, -0.25) is 9.59 Å². The molecule has 8 heteroatoms. The lowest BCUT2D eigenvalue weighted by Gasteiger charge is -2.06. The number of carbonyl (C=O) groups excluding carboxylic acids is 2. The van der Waals surface area contributed by atoms with Crippen molar-refractivity contribution in [2.45, 2.75) is 0 Å². The van der Waals surface area contributed by atoms with Crippen molar-refractivity contribution in [1.82, 2.24) is 10.7 Å². The minimum absolute atomic E-state index is 0.00553. The first-order valence-corrected chi connectivity index (χ1v) is 7.60. The van der Waals surface area contributed by atoms with Crippen LogP contribution < -0.4 is 15.5 Å². The number of rotatable bonds is 6. The van der Waals surface area contributed by atoms with Crippen LogP contribution >= 0.6 is 11.6 Å². The lowest BCUT2D eigenvalue weighted by atomic mass is 10.2. The van der Waals surface area contributed by atoms with Gasteiger partial charge in [0, 0.05) is 0 Å². The summed E-state index contributed by atoms with van der Waals surface area (Å²) in [5.74, 6) is -0.649. The van der Waals surface area contributed by atoms with Crippen molar-refractivity contribution in [3.05, 3.63) is 58.6 Å². The second-order valence-electron chi connectivity index (χ2n) is 4.89. The third-order valence-corrected chi connectivity index (χ3v) is 3.46. The number of phenolic OH excluding ortho intramolecular Hbond substituents is 1. The average molecular weight is 362 g/mol. The Kier molecular flexibility index (Phi) is 6.36. The van der Waals surface area contributed by atoms with Crippen LogP contribution in [0.5, 0.6) is 11.5 Å². The molecule has 25 heavy (non-hydrogen) atoms. The number of halogens is 1. The highest BCUT2D eigenvalue weighted by Crippen LogP contribution is 2.25. The van der Waals surface area contributed by atoms with Crippen molar-refractivity contribution in [3.8, 4) is 11.5 Å². The maximum absolute atomic E-state index is 11.9. The van der Waals surface area contributed by atoms with Crippen molar-refractivity contribution < 1.29 is 19.4 Å². The molecule has 0 bridgehead atoms. The van der Waals surface area contributed by atoms with Crippen LogP contribution in [0.15, 0.2) is 47.6 Å². The molecule has 0 unspecified atom stereocenters. The lowest BCUT2D eigenvalue weighted by molar-refractivity contribution is -0.120. The number of benzene rings is 2. The van der Waals surface area contributed by atoms with E-state index >= 15 is 0 Å². The molecule has 0 heterocycles. The van der Waals surface area contributed by atoms with E-state index in [9.17, 15) is 14.7 Å². The largest absolute Gasteiger partial charge is 0.504 e. The number of aromatic hydroxyl groups is 1. The Labute approximate surface area is 149 Å². The Balaban J connectivity index is 1.84. The van der Waals surface area contributed by atoms with E-state index in [1.54, 1.807) is 36.4 Å². The zero-order valence-electron chi connectivity index (χ0n) is 13.3. The highest BCUT2D eigenvalue weighted by molar-refractivity contribution is 6.33. The Morgan fingerprint density at radius 1 is 1.28 bits per heavy atom. The highest BCUT2D eigenvalue weighted by atomic mass is 35.5. The number of hydrogen-bond donors (Lipinski definition) is 3. The van der Waals surface area contributed by atoms with Gasteiger partial charge in [-0.25, -0.2) is 5.43 Å². The van der Waals surface area contributed by atoms with E-state index in [1.807, 2.05) is 0 Å². The van der Waals surface area contributed by atoms with Crippen LogP contribution in [0.4, 0.5) is 0 Å². The van der Waals surface area contributed by atoms with Gasteiger partial charge in [-0.05, 0) is 35.9 Å². The highest BCUT2D eigenvalue weighted by Gasteiger charge is 2.10. The van der Waals surface area contributed by atoms with Gasteiger partial charge >= 0.3 is 0 Å². The molecular formula is C17H16ClN3O4. The molecule has 2 aromatic carbocycles. The Morgan fingerprint density at radius 3 is 2.76 bits per heavy atom. The fourth-order valence-corrected chi connectivity index (χ4v) is 2.12. The molecule has 0 aliphatic rings. The molecule has 2 aromatic rings. The van der Waals surface area contributed by atoms with Crippen LogP contribution in [0.2, 0.25) is 5.02 Å². The van der Waals surface area contributed by atoms with Crippen molar-refractivity contribution in [2.75, 3.05) is 13.7 Å². The van der Waals surface area contributed by atoms with Gasteiger partial charge in [0.2, 0.25) is 0 Å². The summed E-state index contributed by atoms with van der Waals surface area (Å²) in [4.78, 5) is 23.6. The molecule has 130 valence electrons. The number of nitrogens with one attached hydrogen (secondary N) is 2. The maximum Gasteiger partial charge on any atom is 0.259 e. The Hall–Kier alpha value is -3.06. The smallest absolute Gasteiger partial charge is 0.259 e. The number of hydrazone groups is 1. The summed E-state index contributed by atoms with van der Waals surface area (Å²) in [5, 5.41) is 16.0. The van der Waals surface area contributed by atoms with E-state index in [1.165, 1.54) is 19.4 Å². The summed E-state index contributed by atoms with van der Waals surface area (Å²) >= 11 is 5.91. The van der Waals surface area contributed by atoms with E-state index in [0.29, 0.717) is 16.3 Å². The van der Waals surface area contributed by atoms with Crippen LogP contribution in [0.1, 0.15) is 15.9 Å². The average Bonchev–Trinajstić information content (AvgIpc) is 2.61. The van der Waals surface area contributed by atoms with E-state index in [2.05, 4.69) is 15.8 Å². The molecule has 0 spiro atoms. The third kappa shape index (κ3) is 5.22. The number of amides is 2. The minimum Gasteiger partial charge on any atom is -0.504 e. The van der Waals surface area contributed by atoms with Gasteiger partial charge in [-0.1, -0.05) is 23.7 Å². The first kappa shape index (κ1) is 18.3. The van der Waals surface area contributed by atoms with Gasteiger partial charge in [0.1, 0.15) is 0 Å². The van der Waals surface area contributed by atoms with E-state index in [-0.39, 0.29) is 17.9 Å². The predicted octanol–water partition coefficient (Wildman–Crippen LogP) is 1.93. The SMILES string of the molecule is COc1cc(/C=N/NC(=O)CNC(=O)c2ccccc2Cl)ccc1O. The predicted molar refractivity (Wildman–Crippen MR) is 94.2 cm³/mol. The van der Waals surface area contributed by atoms with Crippen LogP contribution in [0, 0.1) is 0 Å². The van der Waals surface area contributed by atoms with Crippen molar-refractivity contribution in [2.24, 2.45) is 5.10 Å². The fraction of sp³-hybridized carbons (Fsp3) is 0.118. The summed E-state index contributed by atoms with van der Waals surface area (Å²) in [5.41, 5.74) is 3.19. The van der Waals surface area contributed by atoms with Gasteiger partial charge in [0.25, 0.3) is 11.8 Å². The monoisotopic (exact) mass is 361 g/mol. The van der Waals surface area contributed by atoms with E-state index in [0.717, 1.165) is 0 Å². The summed E-state index contributed by atoms with van der Waals surface area (Å²) in [6.45, 7) is -0.250. The van der Waals surface area contributed by atoms with Crippen molar-refractivity contribution >= 4 is 29.6 Å². The number of methoxy groups -OCH3 is 1. The molecule has 0 aliphatic heterocycles. The molecule has 0 saturated heterocycles. The van der Waals surface area contributed by atoms with Gasteiger partial charge < -0.3 is 15.2 Å². The summed E-state index contributed by atoms with van der Waals surface area (Å²) in [6, 6.07) is 11.2. The van der Waals surface area contributed by atoms with Crippen LogP contribution in [-0.2, 0) is 4.79 Å². The van der Waals surface area contributed by atoms with Crippen LogP contribution in [0.25, 0.3) is 0 Å². The van der Waals surface area contributed by atoms with Crippen LogP contribution in [-0.4, -0.2) is 36.8 Å². The molecule has 0 aliphatic carbocycles. The van der Waals surface area contributed by atoms with Crippen LogP contribution in [0.3, 0.4) is 0 Å². The zero-order chi connectivity index (χ0) is 18.2. The summed E-state index contributed by atoms with van der Waals surface area (Å²) < 4.78 is 4.97. The summed E-state index contributed by atoms with van der Waals surface area (Å²) in [7, 11) is 1.43.